The molecule has 1 N–H and O–H groups in total. The fourth-order valence-corrected chi connectivity index (χ4v) is 2.76. The van der Waals surface area contributed by atoms with Crippen LogP contribution in [0.15, 0.2) is 34.9 Å². The van der Waals surface area contributed by atoms with Crippen molar-refractivity contribution in [1.29, 1.82) is 0 Å². The smallest absolute Gasteiger partial charge is 0.326 e. The van der Waals surface area contributed by atoms with Gasteiger partial charge in [-0.2, -0.15) is 0 Å². The van der Waals surface area contributed by atoms with Crippen LogP contribution in [0.25, 0.3) is 11.3 Å². The molecule has 132 valence electrons. The maximum Gasteiger partial charge on any atom is 0.326 e. The van der Waals surface area contributed by atoms with Gasteiger partial charge in [0.15, 0.2) is 11.7 Å². The van der Waals surface area contributed by atoms with Gasteiger partial charge >= 0.3 is 5.97 Å². The standard InChI is InChI=1S/C18H19FN2O4/c1-11(18(23)24)21(12-6-7-12)17(22)9-8-16-20-10-15(25-16)13-4-2-3-5-14(13)19/h2-5,10-12H,6-9H2,1H3,(H,23,24). The molecule has 0 spiro atoms. The molecular formula is C18H19FN2O4. The van der Waals surface area contributed by atoms with Gasteiger partial charge in [-0.3, -0.25) is 4.79 Å². The van der Waals surface area contributed by atoms with Crippen molar-refractivity contribution in [2.75, 3.05) is 0 Å². The van der Waals surface area contributed by atoms with E-state index < -0.39 is 17.8 Å². The minimum absolute atomic E-state index is 0.0112. The highest BCUT2D eigenvalue weighted by Gasteiger charge is 2.38. The first-order valence-electron chi connectivity index (χ1n) is 8.21. The maximum atomic E-state index is 13.8. The Kier molecular flexibility index (Phi) is 4.83. The predicted octanol–water partition coefficient (Wildman–Crippen LogP) is 2.88. The molecule has 1 unspecified atom stereocenters. The maximum absolute atomic E-state index is 13.8. The minimum atomic E-state index is -1.02. The van der Waals surface area contributed by atoms with E-state index in [0.29, 0.717) is 17.2 Å². The molecule has 1 saturated carbocycles. The van der Waals surface area contributed by atoms with E-state index >= 15 is 0 Å². The molecule has 7 heteroatoms. The molecule has 25 heavy (non-hydrogen) atoms. The number of benzene rings is 1. The van der Waals surface area contributed by atoms with Gasteiger partial charge in [0.05, 0.1) is 11.8 Å². The second-order valence-corrected chi connectivity index (χ2v) is 6.14. The summed E-state index contributed by atoms with van der Waals surface area (Å²) in [5.41, 5.74) is 0.312. The van der Waals surface area contributed by atoms with Gasteiger partial charge in [-0.15, -0.1) is 0 Å². The van der Waals surface area contributed by atoms with Crippen LogP contribution in [-0.4, -0.2) is 39.0 Å². The Hall–Kier alpha value is -2.70. The number of amides is 1. The van der Waals surface area contributed by atoms with E-state index in [9.17, 15) is 14.0 Å². The van der Waals surface area contributed by atoms with E-state index in [1.165, 1.54) is 24.1 Å². The number of halogens is 1. The van der Waals surface area contributed by atoms with Gasteiger partial charge in [-0.05, 0) is 31.9 Å². The molecule has 0 bridgehead atoms. The third-order valence-electron chi connectivity index (χ3n) is 4.25. The van der Waals surface area contributed by atoms with Crippen LogP contribution in [0.5, 0.6) is 0 Å². The summed E-state index contributed by atoms with van der Waals surface area (Å²) in [6.07, 6.45) is 3.44. The average Bonchev–Trinajstić information content (AvgIpc) is 3.30. The molecule has 0 saturated heterocycles. The fourth-order valence-electron chi connectivity index (χ4n) is 2.76. The predicted molar refractivity (Wildman–Crippen MR) is 87.2 cm³/mol. The van der Waals surface area contributed by atoms with Crippen LogP contribution in [0.4, 0.5) is 4.39 Å². The summed E-state index contributed by atoms with van der Waals surface area (Å²) >= 11 is 0. The first kappa shape index (κ1) is 17.1. The molecule has 1 aromatic heterocycles. The molecule has 2 aromatic rings. The summed E-state index contributed by atoms with van der Waals surface area (Å²) in [5, 5.41) is 9.16. The normalized spacial score (nSPS) is 15.0. The SMILES string of the molecule is CC(C(=O)O)N(C(=O)CCc1ncc(-c2ccccc2F)o1)C1CC1. The van der Waals surface area contributed by atoms with E-state index in [0.717, 1.165) is 12.8 Å². The summed E-state index contributed by atoms with van der Waals surface area (Å²) in [6.45, 7) is 1.51. The van der Waals surface area contributed by atoms with Crippen molar-refractivity contribution in [3.8, 4) is 11.3 Å². The molecule has 1 aliphatic rings. The summed E-state index contributed by atoms with van der Waals surface area (Å²) in [5.74, 6) is -1.03. The first-order chi connectivity index (χ1) is 12.0. The third-order valence-corrected chi connectivity index (χ3v) is 4.25. The van der Waals surface area contributed by atoms with E-state index in [1.807, 2.05) is 0 Å². The lowest BCUT2D eigenvalue weighted by Crippen LogP contribution is -2.44. The Labute approximate surface area is 144 Å². The molecule has 6 nitrogen and oxygen atoms in total. The number of nitrogens with zero attached hydrogens (tertiary/aromatic N) is 2. The Morgan fingerprint density at radius 2 is 2.12 bits per heavy atom. The van der Waals surface area contributed by atoms with Crippen molar-refractivity contribution in [2.24, 2.45) is 0 Å². The molecular weight excluding hydrogens is 327 g/mol. The molecule has 3 rings (SSSR count). The van der Waals surface area contributed by atoms with E-state index in [4.69, 9.17) is 9.52 Å². The van der Waals surface area contributed by atoms with E-state index in [1.54, 1.807) is 18.2 Å². The molecule has 1 fully saturated rings. The van der Waals surface area contributed by atoms with E-state index in [2.05, 4.69) is 4.98 Å². The van der Waals surface area contributed by atoms with Crippen LogP contribution in [0.2, 0.25) is 0 Å². The summed E-state index contributed by atoms with van der Waals surface area (Å²) in [4.78, 5) is 29.1. The minimum Gasteiger partial charge on any atom is -0.480 e. The highest BCUT2D eigenvalue weighted by Crippen LogP contribution is 2.30. The Bertz CT molecular complexity index is 785. The quantitative estimate of drug-likeness (QED) is 0.833. The molecule has 1 heterocycles. The molecule has 0 radical (unpaired) electrons. The number of aryl methyl sites for hydroxylation is 1. The number of rotatable bonds is 7. The largest absolute Gasteiger partial charge is 0.480 e. The molecule has 1 atom stereocenters. The molecule has 1 aliphatic carbocycles. The zero-order chi connectivity index (χ0) is 18.0. The summed E-state index contributed by atoms with van der Waals surface area (Å²) < 4.78 is 19.3. The van der Waals surface area contributed by atoms with Crippen molar-refractivity contribution >= 4 is 11.9 Å². The highest BCUT2D eigenvalue weighted by atomic mass is 19.1. The number of carboxylic acid groups (broad SMARTS) is 1. The monoisotopic (exact) mass is 346 g/mol. The van der Waals surface area contributed by atoms with E-state index in [-0.39, 0.29) is 24.8 Å². The average molecular weight is 346 g/mol. The number of oxazole rings is 1. The number of carboxylic acids is 1. The van der Waals surface area contributed by atoms with Gasteiger partial charge in [-0.1, -0.05) is 12.1 Å². The van der Waals surface area contributed by atoms with Crippen LogP contribution < -0.4 is 0 Å². The zero-order valence-electron chi connectivity index (χ0n) is 13.8. The lowest BCUT2D eigenvalue weighted by Gasteiger charge is -2.26. The van der Waals surface area contributed by atoms with Gasteiger partial charge in [0.25, 0.3) is 0 Å². The number of aliphatic carboxylic acids is 1. The van der Waals surface area contributed by atoms with Crippen LogP contribution in [0.1, 0.15) is 32.1 Å². The first-order valence-corrected chi connectivity index (χ1v) is 8.21. The van der Waals surface area contributed by atoms with Crippen LogP contribution in [-0.2, 0) is 16.0 Å². The van der Waals surface area contributed by atoms with Crippen molar-refractivity contribution in [1.82, 2.24) is 9.88 Å². The van der Waals surface area contributed by atoms with Crippen molar-refractivity contribution in [2.45, 2.75) is 44.7 Å². The molecule has 1 aromatic carbocycles. The highest BCUT2D eigenvalue weighted by molar-refractivity contribution is 5.84. The number of hydrogen-bond donors (Lipinski definition) is 1. The Morgan fingerprint density at radius 3 is 2.76 bits per heavy atom. The van der Waals surface area contributed by atoms with Gasteiger partial charge < -0.3 is 14.4 Å². The number of carbonyl (C=O) groups excluding carboxylic acids is 1. The topological polar surface area (TPSA) is 83.6 Å². The second-order valence-electron chi connectivity index (χ2n) is 6.14. The van der Waals surface area contributed by atoms with Crippen LogP contribution >= 0.6 is 0 Å². The van der Waals surface area contributed by atoms with Crippen molar-refractivity contribution < 1.29 is 23.5 Å². The number of hydrogen-bond acceptors (Lipinski definition) is 4. The third kappa shape index (κ3) is 3.87. The van der Waals surface area contributed by atoms with Crippen molar-refractivity contribution in [3.05, 3.63) is 42.2 Å². The van der Waals surface area contributed by atoms with Gasteiger partial charge in [0.1, 0.15) is 11.9 Å². The number of aromatic nitrogens is 1. The molecule has 1 amide bonds. The second kappa shape index (κ2) is 7.04. The van der Waals surface area contributed by atoms with Crippen LogP contribution in [0, 0.1) is 5.82 Å². The van der Waals surface area contributed by atoms with Crippen molar-refractivity contribution in [3.63, 3.8) is 0 Å². The summed E-state index contributed by atoms with van der Waals surface area (Å²) in [6, 6.07) is 5.38. The molecule has 0 aliphatic heterocycles. The van der Waals surface area contributed by atoms with Gasteiger partial charge in [-0.25, -0.2) is 14.2 Å². The lowest BCUT2D eigenvalue weighted by molar-refractivity contribution is -0.150. The Balaban J connectivity index is 1.64. The van der Waals surface area contributed by atoms with Gasteiger partial charge in [0.2, 0.25) is 5.91 Å². The van der Waals surface area contributed by atoms with Crippen LogP contribution in [0.3, 0.4) is 0 Å². The fraction of sp³-hybridized carbons (Fsp3) is 0.389. The summed E-state index contributed by atoms with van der Waals surface area (Å²) in [7, 11) is 0. The lowest BCUT2D eigenvalue weighted by atomic mass is 10.2. The zero-order valence-corrected chi connectivity index (χ0v) is 13.8. The van der Waals surface area contributed by atoms with Gasteiger partial charge in [0, 0.05) is 18.9 Å². The number of carbonyl (C=O) groups is 2. The Morgan fingerprint density at radius 1 is 1.40 bits per heavy atom.